The number of carboxylic acid groups (broad SMARTS) is 1. The van der Waals surface area contributed by atoms with Gasteiger partial charge in [0.05, 0.1) is 0 Å². The van der Waals surface area contributed by atoms with Gasteiger partial charge in [0, 0.05) is 22.3 Å². The molecule has 0 aliphatic heterocycles. The van der Waals surface area contributed by atoms with Crippen molar-refractivity contribution in [1.82, 2.24) is 4.72 Å². The second-order valence-electron chi connectivity index (χ2n) is 6.86. The SMILES string of the molecule is O=C(O)CCC/C=C/C1CCCC(NS(=O)(=O)/C=C/c2cccc(Br)c2)C1. The molecule has 1 saturated carbocycles. The lowest BCUT2D eigenvalue weighted by Crippen LogP contribution is -2.37. The van der Waals surface area contributed by atoms with Gasteiger partial charge in [0.2, 0.25) is 10.0 Å². The quantitative estimate of drug-likeness (QED) is 0.417. The van der Waals surface area contributed by atoms with E-state index in [9.17, 15) is 13.2 Å². The summed E-state index contributed by atoms with van der Waals surface area (Å²) in [5.74, 6) is -0.434. The third kappa shape index (κ3) is 8.86. The van der Waals surface area contributed by atoms with Crippen LogP contribution in [0.4, 0.5) is 0 Å². The van der Waals surface area contributed by atoms with Crippen molar-refractivity contribution in [2.75, 3.05) is 0 Å². The van der Waals surface area contributed by atoms with E-state index < -0.39 is 16.0 Å². The van der Waals surface area contributed by atoms with Crippen LogP contribution in [0.1, 0.15) is 50.5 Å². The van der Waals surface area contributed by atoms with Crippen molar-refractivity contribution in [2.24, 2.45) is 5.92 Å². The van der Waals surface area contributed by atoms with Crippen LogP contribution < -0.4 is 4.72 Å². The highest BCUT2D eigenvalue weighted by molar-refractivity contribution is 9.10. The zero-order valence-corrected chi connectivity index (χ0v) is 17.6. The normalized spacial score (nSPS) is 21.1. The first kappa shape index (κ1) is 21.9. The lowest BCUT2D eigenvalue weighted by molar-refractivity contribution is -0.137. The van der Waals surface area contributed by atoms with Crippen LogP contribution in [0, 0.1) is 5.92 Å². The van der Waals surface area contributed by atoms with Gasteiger partial charge in [-0.25, -0.2) is 13.1 Å². The minimum Gasteiger partial charge on any atom is -0.481 e. The number of unbranched alkanes of at least 4 members (excludes halogenated alkanes) is 1. The Morgan fingerprint density at radius 3 is 2.89 bits per heavy atom. The highest BCUT2D eigenvalue weighted by atomic mass is 79.9. The van der Waals surface area contributed by atoms with Gasteiger partial charge in [0.15, 0.2) is 0 Å². The molecule has 7 heteroatoms. The average Bonchev–Trinajstić information content (AvgIpc) is 2.60. The zero-order valence-electron chi connectivity index (χ0n) is 15.2. The number of sulfonamides is 1. The maximum absolute atomic E-state index is 12.3. The Morgan fingerprint density at radius 2 is 2.15 bits per heavy atom. The third-order valence-corrected chi connectivity index (χ3v) is 6.15. The summed E-state index contributed by atoms with van der Waals surface area (Å²) in [6.07, 6.45) is 10.9. The minimum absolute atomic E-state index is 0.0652. The first-order valence-electron chi connectivity index (χ1n) is 9.18. The predicted molar refractivity (Wildman–Crippen MR) is 112 cm³/mol. The second-order valence-corrected chi connectivity index (χ2v) is 9.37. The fourth-order valence-electron chi connectivity index (χ4n) is 3.22. The maximum atomic E-state index is 12.3. The molecule has 148 valence electrons. The van der Waals surface area contributed by atoms with Crippen LogP contribution in [0.2, 0.25) is 0 Å². The zero-order chi connectivity index (χ0) is 19.7. The Bertz CT molecular complexity index is 789. The monoisotopic (exact) mass is 455 g/mol. The van der Waals surface area contributed by atoms with Gasteiger partial charge < -0.3 is 5.11 Å². The molecule has 1 aliphatic rings. The molecule has 1 aromatic carbocycles. The summed E-state index contributed by atoms with van der Waals surface area (Å²) in [6.45, 7) is 0. The summed E-state index contributed by atoms with van der Waals surface area (Å²) in [5, 5.41) is 9.86. The number of hydrogen-bond acceptors (Lipinski definition) is 3. The Morgan fingerprint density at radius 1 is 1.33 bits per heavy atom. The molecule has 5 nitrogen and oxygen atoms in total. The number of carboxylic acids is 1. The van der Waals surface area contributed by atoms with Crippen LogP contribution in [0.25, 0.3) is 6.08 Å². The van der Waals surface area contributed by atoms with Gasteiger partial charge in [0.1, 0.15) is 0 Å². The second kappa shape index (κ2) is 10.8. The van der Waals surface area contributed by atoms with E-state index in [4.69, 9.17) is 5.11 Å². The number of carbonyl (C=O) groups is 1. The lowest BCUT2D eigenvalue weighted by atomic mass is 9.86. The largest absolute Gasteiger partial charge is 0.481 e. The molecule has 0 aromatic heterocycles. The molecular formula is C20H26BrNO4S. The Balaban J connectivity index is 1.84. The van der Waals surface area contributed by atoms with Gasteiger partial charge in [-0.2, -0.15) is 0 Å². The van der Waals surface area contributed by atoms with E-state index in [-0.39, 0.29) is 12.5 Å². The van der Waals surface area contributed by atoms with E-state index in [0.717, 1.165) is 42.1 Å². The molecule has 2 unspecified atom stereocenters. The summed E-state index contributed by atoms with van der Waals surface area (Å²) < 4.78 is 28.4. The van der Waals surface area contributed by atoms with Crippen LogP contribution >= 0.6 is 15.9 Å². The van der Waals surface area contributed by atoms with E-state index in [2.05, 4.69) is 26.7 Å². The average molecular weight is 456 g/mol. The van der Waals surface area contributed by atoms with Gasteiger partial charge in [-0.15, -0.1) is 0 Å². The third-order valence-electron chi connectivity index (χ3n) is 4.50. The number of hydrogen-bond donors (Lipinski definition) is 2. The van der Waals surface area contributed by atoms with E-state index >= 15 is 0 Å². The molecule has 0 radical (unpaired) electrons. The summed E-state index contributed by atoms with van der Waals surface area (Å²) >= 11 is 3.37. The van der Waals surface area contributed by atoms with Gasteiger partial charge in [-0.3, -0.25) is 4.79 Å². The minimum atomic E-state index is -3.49. The van der Waals surface area contributed by atoms with Crippen molar-refractivity contribution in [3.63, 3.8) is 0 Å². The molecule has 0 heterocycles. The number of nitrogens with one attached hydrogen (secondary N) is 1. The lowest BCUT2D eigenvalue weighted by Gasteiger charge is -2.27. The van der Waals surface area contributed by atoms with Crippen molar-refractivity contribution in [3.05, 3.63) is 51.9 Å². The summed E-state index contributed by atoms with van der Waals surface area (Å²) in [7, 11) is -3.49. The molecule has 2 N–H and O–H groups in total. The highest BCUT2D eigenvalue weighted by Gasteiger charge is 2.23. The molecular weight excluding hydrogens is 430 g/mol. The predicted octanol–water partition coefficient (Wildman–Crippen LogP) is 4.71. The fourth-order valence-corrected chi connectivity index (χ4v) is 4.73. The number of allylic oxidation sites excluding steroid dienone is 2. The van der Waals surface area contributed by atoms with Crippen molar-refractivity contribution in [2.45, 2.75) is 51.0 Å². The van der Waals surface area contributed by atoms with Crippen LogP contribution in [0.5, 0.6) is 0 Å². The van der Waals surface area contributed by atoms with Gasteiger partial charge in [-0.05, 0) is 61.8 Å². The van der Waals surface area contributed by atoms with Gasteiger partial charge >= 0.3 is 5.97 Å². The molecule has 2 atom stereocenters. The smallest absolute Gasteiger partial charge is 0.303 e. The van der Waals surface area contributed by atoms with Crippen molar-refractivity contribution in [3.8, 4) is 0 Å². The molecule has 1 fully saturated rings. The first-order chi connectivity index (χ1) is 12.8. The van der Waals surface area contributed by atoms with E-state index in [1.807, 2.05) is 30.3 Å². The van der Waals surface area contributed by atoms with Crippen molar-refractivity contribution >= 4 is 38.0 Å². The van der Waals surface area contributed by atoms with E-state index in [1.54, 1.807) is 6.08 Å². The Labute approximate surface area is 169 Å². The highest BCUT2D eigenvalue weighted by Crippen LogP contribution is 2.26. The summed E-state index contributed by atoms with van der Waals surface area (Å²) in [6, 6.07) is 7.39. The summed E-state index contributed by atoms with van der Waals surface area (Å²) in [5.41, 5.74) is 0.820. The fraction of sp³-hybridized carbons (Fsp3) is 0.450. The van der Waals surface area contributed by atoms with Gasteiger partial charge in [-0.1, -0.05) is 46.6 Å². The van der Waals surface area contributed by atoms with Crippen molar-refractivity contribution < 1.29 is 18.3 Å². The number of aliphatic carboxylic acids is 1. The molecule has 0 saturated heterocycles. The molecule has 2 rings (SSSR count). The van der Waals surface area contributed by atoms with E-state index in [1.165, 1.54) is 5.41 Å². The molecule has 0 amide bonds. The number of halogens is 1. The molecule has 1 aliphatic carbocycles. The standard InChI is InChI=1S/C20H26BrNO4S/c21-18-9-4-7-17(14-18)12-13-27(25,26)22-19-10-5-8-16(15-19)6-2-1-3-11-20(23)24/h2,4,6-7,9,12-14,16,19,22H,1,3,5,8,10-11,15H2,(H,23,24)/b6-2+,13-12+. The molecule has 27 heavy (non-hydrogen) atoms. The first-order valence-corrected chi connectivity index (χ1v) is 11.5. The maximum Gasteiger partial charge on any atom is 0.303 e. The van der Waals surface area contributed by atoms with E-state index in [0.29, 0.717) is 12.3 Å². The van der Waals surface area contributed by atoms with Crippen LogP contribution in [0.15, 0.2) is 46.3 Å². The van der Waals surface area contributed by atoms with Crippen LogP contribution in [-0.2, 0) is 14.8 Å². The Hall–Kier alpha value is -1.44. The number of rotatable bonds is 9. The topological polar surface area (TPSA) is 83.5 Å². The van der Waals surface area contributed by atoms with Crippen LogP contribution in [-0.4, -0.2) is 25.5 Å². The molecule has 1 aromatic rings. The number of benzene rings is 1. The van der Waals surface area contributed by atoms with Crippen LogP contribution in [0.3, 0.4) is 0 Å². The van der Waals surface area contributed by atoms with Crippen molar-refractivity contribution in [1.29, 1.82) is 0 Å². The summed E-state index contributed by atoms with van der Waals surface area (Å²) in [4.78, 5) is 10.5. The Kier molecular flexibility index (Phi) is 8.73. The molecule has 0 spiro atoms. The molecule has 0 bridgehead atoms. The van der Waals surface area contributed by atoms with Gasteiger partial charge in [0.25, 0.3) is 0 Å².